The first-order chi connectivity index (χ1) is 5.25. The highest BCUT2D eigenvalue weighted by Gasteiger charge is 2.35. The van der Waals surface area contributed by atoms with Crippen molar-refractivity contribution in [2.24, 2.45) is 0 Å². The zero-order valence-electron chi connectivity index (χ0n) is 5.19. The Morgan fingerprint density at radius 1 is 1.25 bits per heavy atom. The largest absolute Gasteiger partial charge is 0.389 e. The topological polar surface area (TPSA) is 43.4 Å². The summed E-state index contributed by atoms with van der Waals surface area (Å²) < 4.78 is 1.50. The van der Waals surface area contributed by atoms with Crippen molar-refractivity contribution < 1.29 is 14.3 Å². The number of alkyl halides is 5. The summed E-state index contributed by atoms with van der Waals surface area (Å²) in [5, 5.41) is 0. The maximum atomic E-state index is 10.8. The Bertz CT molecular complexity index is 200. The molecule has 0 radical (unpaired) electrons. The van der Waals surface area contributed by atoms with Crippen molar-refractivity contribution in [3.63, 3.8) is 0 Å². The summed E-state index contributed by atoms with van der Waals surface area (Å²) in [5.74, 6) is -1.93. The summed E-state index contributed by atoms with van der Waals surface area (Å²) in [6.07, 6.45) is 0. The Hall–Kier alpha value is 1.47. The van der Waals surface area contributed by atoms with Crippen LogP contribution in [0.3, 0.4) is 0 Å². The number of rotatable bonds is 1. The molecule has 0 atom stereocenters. The number of carbonyl (C=O) groups excluding carboxylic acids is 2. The summed E-state index contributed by atoms with van der Waals surface area (Å²) >= 11 is 18.9. The summed E-state index contributed by atoms with van der Waals surface area (Å²) in [5.41, 5.74) is 0. The third kappa shape index (κ3) is 5.25. The first kappa shape index (κ1) is 13.5. The Labute approximate surface area is 111 Å². The van der Waals surface area contributed by atoms with Gasteiger partial charge in [-0.1, -0.05) is 80.0 Å². The van der Waals surface area contributed by atoms with Crippen LogP contribution in [0.1, 0.15) is 0 Å². The highest BCUT2D eigenvalue weighted by molar-refractivity contribution is 14.2. The van der Waals surface area contributed by atoms with Crippen LogP contribution >= 0.6 is 80.0 Å². The summed E-state index contributed by atoms with van der Waals surface area (Å²) in [6.45, 7) is 0. The maximum absolute atomic E-state index is 10.8. The van der Waals surface area contributed by atoms with Gasteiger partial charge < -0.3 is 4.74 Å². The lowest BCUT2D eigenvalue weighted by molar-refractivity contribution is -0.157. The van der Waals surface area contributed by atoms with Gasteiger partial charge in [0.2, 0.25) is 0 Å². The molecule has 0 aromatic rings. The normalized spacial score (nSPS) is 11.5. The van der Waals surface area contributed by atoms with E-state index < -0.39 is 17.7 Å². The Morgan fingerprint density at radius 3 is 1.92 bits per heavy atom. The molecule has 0 heterocycles. The molecule has 0 aliphatic heterocycles. The fourth-order valence-electron chi connectivity index (χ4n) is 0.194. The number of hydrogen-bond donors (Lipinski definition) is 0. The van der Waals surface area contributed by atoms with E-state index in [-0.39, 0.29) is 0 Å². The third-order valence-corrected chi connectivity index (χ3v) is 2.08. The zero-order valence-corrected chi connectivity index (χ0v) is 11.8. The molecule has 0 N–H and O–H groups in total. The molecule has 3 nitrogen and oxygen atoms in total. The van der Waals surface area contributed by atoms with Crippen LogP contribution in [0.4, 0.5) is 0 Å². The first-order valence-corrected chi connectivity index (χ1v) is 5.98. The van der Waals surface area contributed by atoms with Crippen molar-refractivity contribution in [1.29, 1.82) is 0 Å². The van der Waals surface area contributed by atoms with E-state index in [1.807, 2.05) is 0 Å². The van der Waals surface area contributed by atoms with Gasteiger partial charge in [0.15, 0.2) is 1.93 Å². The van der Waals surface area contributed by atoms with E-state index >= 15 is 0 Å². The van der Waals surface area contributed by atoms with Gasteiger partial charge >= 0.3 is 11.9 Å². The van der Waals surface area contributed by atoms with E-state index in [0.717, 1.165) is 0 Å². The third-order valence-electron chi connectivity index (χ3n) is 0.603. The Balaban J connectivity index is 4.12. The first-order valence-electron chi connectivity index (χ1n) is 2.36. The van der Waals surface area contributed by atoms with Crippen LogP contribution < -0.4 is 0 Å². The van der Waals surface area contributed by atoms with Crippen LogP contribution in [0, 0.1) is 0 Å². The van der Waals surface area contributed by atoms with Gasteiger partial charge in [0.1, 0.15) is 0 Å². The molecule has 0 amide bonds. The van der Waals surface area contributed by atoms with Gasteiger partial charge in [-0.25, -0.2) is 9.59 Å². The van der Waals surface area contributed by atoms with Crippen LogP contribution in [0.15, 0.2) is 0 Å². The van der Waals surface area contributed by atoms with Gasteiger partial charge in [-0.3, -0.25) is 0 Å². The van der Waals surface area contributed by atoms with E-state index in [1.54, 1.807) is 45.2 Å². The second-order valence-electron chi connectivity index (χ2n) is 1.51. The van der Waals surface area contributed by atoms with Crippen molar-refractivity contribution in [1.82, 2.24) is 0 Å². The molecule has 0 aliphatic carbocycles. The summed E-state index contributed by atoms with van der Waals surface area (Å²) in [4.78, 5) is 21.5. The van der Waals surface area contributed by atoms with Crippen molar-refractivity contribution in [3.05, 3.63) is 0 Å². The lowest BCUT2D eigenvalue weighted by atomic mass is 10.7. The van der Waals surface area contributed by atoms with Gasteiger partial charge in [0, 0.05) is 0 Å². The SMILES string of the molecule is O=C(OC(=O)C(Cl)(Cl)Cl)C(I)I. The summed E-state index contributed by atoms with van der Waals surface area (Å²) in [6, 6.07) is 0. The predicted octanol–water partition coefficient (Wildman–Crippen LogP) is 2.62. The molecule has 0 unspecified atom stereocenters. The van der Waals surface area contributed by atoms with Crippen molar-refractivity contribution >= 4 is 91.9 Å². The molecule has 70 valence electrons. The molecule has 0 fully saturated rings. The molecule has 0 bridgehead atoms. The number of ether oxygens (including phenoxy) is 1. The molecular weight excluding hydrogens is 456 g/mol. The fraction of sp³-hybridized carbons (Fsp3) is 0.500. The van der Waals surface area contributed by atoms with Gasteiger partial charge in [-0.15, -0.1) is 0 Å². The van der Waals surface area contributed by atoms with Crippen LogP contribution in [0.5, 0.6) is 0 Å². The van der Waals surface area contributed by atoms with Crippen LogP contribution in [-0.4, -0.2) is 17.7 Å². The van der Waals surface area contributed by atoms with E-state index in [0.29, 0.717) is 0 Å². The van der Waals surface area contributed by atoms with Crippen molar-refractivity contribution in [2.75, 3.05) is 0 Å². The zero-order chi connectivity index (χ0) is 9.94. The molecule has 0 aromatic heterocycles. The predicted molar refractivity (Wildman–Crippen MR) is 63.2 cm³/mol. The smallest absolute Gasteiger partial charge is 0.366 e. The van der Waals surface area contributed by atoms with Crippen molar-refractivity contribution in [2.45, 2.75) is 5.72 Å². The standard InChI is InChI=1S/C4HCl3I2O3/c5-4(6,7)3(11)12-2(10)1(8)9/h1H. The highest BCUT2D eigenvalue weighted by atomic mass is 127. The molecule has 0 saturated heterocycles. The molecule has 0 aromatic carbocycles. The lowest BCUT2D eigenvalue weighted by Crippen LogP contribution is -2.27. The molecular formula is C4HCl3I2O3. The van der Waals surface area contributed by atoms with Gasteiger partial charge in [-0.2, -0.15) is 0 Å². The monoisotopic (exact) mass is 456 g/mol. The van der Waals surface area contributed by atoms with Gasteiger partial charge in [0.25, 0.3) is 3.79 Å². The van der Waals surface area contributed by atoms with Gasteiger partial charge in [-0.05, 0) is 0 Å². The highest BCUT2D eigenvalue weighted by Crippen LogP contribution is 2.28. The second-order valence-corrected chi connectivity index (χ2v) is 8.66. The fourth-order valence-corrected chi connectivity index (χ4v) is 0.564. The number of carbonyl (C=O) groups is 2. The molecule has 12 heavy (non-hydrogen) atoms. The van der Waals surface area contributed by atoms with Gasteiger partial charge in [0.05, 0.1) is 0 Å². The number of halogens is 5. The minimum atomic E-state index is -2.20. The van der Waals surface area contributed by atoms with E-state index in [9.17, 15) is 9.59 Å². The second kappa shape index (κ2) is 5.38. The minimum Gasteiger partial charge on any atom is -0.389 e. The van der Waals surface area contributed by atoms with Crippen LogP contribution in [-0.2, 0) is 14.3 Å². The van der Waals surface area contributed by atoms with E-state index in [4.69, 9.17) is 34.8 Å². The quantitative estimate of drug-likeness (QED) is 0.263. The minimum absolute atomic E-state index is 0.489. The lowest BCUT2D eigenvalue weighted by Gasteiger charge is -2.08. The van der Waals surface area contributed by atoms with Crippen molar-refractivity contribution in [3.8, 4) is 0 Å². The Kier molecular flexibility index (Phi) is 6.03. The number of hydrogen-bond acceptors (Lipinski definition) is 3. The Morgan fingerprint density at radius 2 is 1.67 bits per heavy atom. The van der Waals surface area contributed by atoms with Crippen LogP contribution in [0.25, 0.3) is 0 Å². The summed E-state index contributed by atoms with van der Waals surface area (Å²) in [7, 11) is 0. The average molecular weight is 457 g/mol. The molecule has 0 saturated carbocycles. The average Bonchev–Trinajstić information content (AvgIpc) is 1.85. The van der Waals surface area contributed by atoms with Crippen LogP contribution in [0.2, 0.25) is 0 Å². The van der Waals surface area contributed by atoms with E-state index in [1.165, 1.54) is 0 Å². The molecule has 0 aliphatic rings. The number of esters is 2. The van der Waals surface area contributed by atoms with E-state index in [2.05, 4.69) is 4.74 Å². The molecule has 0 rings (SSSR count). The molecule has 8 heteroatoms. The maximum Gasteiger partial charge on any atom is 0.366 e. The molecule has 0 spiro atoms.